The number of halogens is 4. The summed E-state index contributed by atoms with van der Waals surface area (Å²) < 4.78 is 69.6. The number of nitrogens with zero attached hydrogens (tertiary/aromatic N) is 2. The predicted molar refractivity (Wildman–Crippen MR) is 103 cm³/mol. The van der Waals surface area contributed by atoms with E-state index in [-0.39, 0.29) is 9.99 Å². The molecule has 1 heterocycles. The topological polar surface area (TPSA) is 59.5 Å². The summed E-state index contributed by atoms with van der Waals surface area (Å²) in [6, 6.07) is 14.7. The molecule has 0 radical (unpaired) electrons. The maximum Gasteiger partial charge on any atom is 0.516 e. The van der Waals surface area contributed by atoms with Crippen molar-refractivity contribution in [3.63, 3.8) is 0 Å². The third-order valence-corrected chi connectivity index (χ3v) is 5.56. The molecule has 1 aromatic heterocycles. The van der Waals surface area contributed by atoms with Crippen LogP contribution in [0, 0.1) is 0 Å². The van der Waals surface area contributed by atoms with Crippen LogP contribution in [-0.2, 0) is 16.6 Å². The van der Waals surface area contributed by atoms with E-state index in [0.29, 0.717) is 22.1 Å². The molecule has 0 aliphatic heterocycles. The fraction of sp³-hybridized carbons (Fsp3) is 0.105. The summed E-state index contributed by atoms with van der Waals surface area (Å²) >= 11 is 5.80. The fourth-order valence-corrected chi connectivity index (χ4v) is 3.51. The fourth-order valence-electron chi connectivity index (χ4n) is 2.42. The van der Waals surface area contributed by atoms with Gasteiger partial charge in [0.15, 0.2) is 0 Å². The van der Waals surface area contributed by atoms with Gasteiger partial charge >= 0.3 is 15.5 Å². The second kappa shape index (κ2) is 8.30. The van der Waals surface area contributed by atoms with Gasteiger partial charge in [0.2, 0.25) is 0 Å². The molecule has 3 aromatic rings. The van der Waals surface area contributed by atoms with Crippen molar-refractivity contribution in [3.8, 4) is 11.5 Å². The summed E-state index contributed by atoms with van der Waals surface area (Å²) in [5.41, 5.74) is -5.30. The van der Waals surface area contributed by atoms with Crippen LogP contribution in [0.5, 0.6) is 11.5 Å². The Bertz CT molecular complexity index is 1060. The summed E-state index contributed by atoms with van der Waals surface area (Å²) in [6.07, 6.45) is 2.74. The molecule has 0 spiro atoms. The number of alkyl halides is 3. The Labute approximate surface area is 170 Å². The van der Waals surface area contributed by atoms with Gasteiger partial charge in [0.1, 0.15) is 11.5 Å². The second-order valence-corrected chi connectivity index (χ2v) is 8.16. The highest BCUT2D eigenvalue weighted by molar-refractivity contribution is 7.93. The first-order valence-electron chi connectivity index (χ1n) is 8.18. The molecule has 10 heteroatoms. The van der Waals surface area contributed by atoms with E-state index in [1.54, 1.807) is 24.3 Å². The molecule has 5 nitrogen and oxygen atoms in total. The first-order chi connectivity index (χ1) is 13.7. The Balaban J connectivity index is 1.90. The van der Waals surface area contributed by atoms with Crippen molar-refractivity contribution in [1.82, 2.24) is 4.98 Å². The smallest absolute Gasteiger partial charge is 0.457 e. The molecule has 29 heavy (non-hydrogen) atoms. The van der Waals surface area contributed by atoms with Crippen LogP contribution >= 0.6 is 11.6 Å². The zero-order valence-corrected chi connectivity index (χ0v) is 16.2. The van der Waals surface area contributed by atoms with Gasteiger partial charge in [0.05, 0.1) is 12.2 Å². The zero-order chi connectivity index (χ0) is 21.1. The van der Waals surface area contributed by atoms with Crippen LogP contribution in [0.25, 0.3) is 0 Å². The Hall–Kier alpha value is -2.78. The first-order valence-corrected chi connectivity index (χ1v) is 10.00. The number of aromatic nitrogens is 1. The highest BCUT2D eigenvalue weighted by Crippen LogP contribution is 2.33. The molecule has 0 aliphatic rings. The number of pyridine rings is 1. The average Bonchev–Trinajstić information content (AvgIpc) is 2.68. The second-order valence-electron chi connectivity index (χ2n) is 5.87. The van der Waals surface area contributed by atoms with E-state index in [4.69, 9.17) is 16.3 Å². The van der Waals surface area contributed by atoms with E-state index in [9.17, 15) is 21.6 Å². The third-order valence-electron chi connectivity index (χ3n) is 3.81. The summed E-state index contributed by atoms with van der Waals surface area (Å²) in [7, 11) is -5.62. The van der Waals surface area contributed by atoms with Crippen LogP contribution in [0.2, 0.25) is 5.02 Å². The molecule has 152 valence electrons. The lowest BCUT2D eigenvalue weighted by molar-refractivity contribution is -0.0438. The Kier molecular flexibility index (Phi) is 5.99. The molecule has 0 atom stereocenters. The minimum atomic E-state index is -5.62. The van der Waals surface area contributed by atoms with E-state index in [1.807, 2.05) is 0 Å². The van der Waals surface area contributed by atoms with Crippen molar-refractivity contribution in [1.29, 1.82) is 0 Å². The predicted octanol–water partition coefficient (Wildman–Crippen LogP) is 5.38. The van der Waals surface area contributed by atoms with Crippen molar-refractivity contribution in [3.05, 3.63) is 83.6 Å². The van der Waals surface area contributed by atoms with Crippen LogP contribution < -0.4 is 9.04 Å². The average molecular weight is 443 g/mol. The quantitative estimate of drug-likeness (QED) is 0.514. The molecule has 0 unspecified atom stereocenters. The maximum absolute atomic E-state index is 13.2. The number of ether oxygens (including phenoxy) is 1. The molecule has 0 saturated heterocycles. The van der Waals surface area contributed by atoms with Crippen LogP contribution in [0.4, 0.5) is 18.9 Å². The zero-order valence-electron chi connectivity index (χ0n) is 14.7. The monoisotopic (exact) mass is 442 g/mol. The Morgan fingerprint density at radius 2 is 1.55 bits per heavy atom. The normalized spacial score (nSPS) is 11.9. The largest absolute Gasteiger partial charge is 0.516 e. The minimum absolute atomic E-state index is 0.158. The molecule has 0 N–H and O–H groups in total. The standard InChI is InChI=1S/C19H14ClF3N2O3S/c20-15-3-7-17(8-4-15)28-18-9-5-16(6-10-18)25(29(26,27)19(21,22)23)13-14-2-1-11-24-12-14/h1-12H,13H2. The van der Waals surface area contributed by atoms with Gasteiger partial charge < -0.3 is 4.74 Å². The molecular weight excluding hydrogens is 429 g/mol. The van der Waals surface area contributed by atoms with Crippen LogP contribution in [0.1, 0.15) is 5.56 Å². The Morgan fingerprint density at radius 1 is 0.966 bits per heavy atom. The lowest BCUT2D eigenvalue weighted by Crippen LogP contribution is -2.40. The van der Waals surface area contributed by atoms with Gasteiger partial charge in [-0.3, -0.25) is 9.29 Å². The molecule has 0 aliphatic carbocycles. The summed E-state index contributed by atoms with van der Waals surface area (Å²) in [5.74, 6) is 0.791. The van der Waals surface area contributed by atoms with Gasteiger partial charge in [0.25, 0.3) is 0 Å². The number of hydrogen-bond acceptors (Lipinski definition) is 4. The van der Waals surface area contributed by atoms with Crippen molar-refractivity contribution >= 4 is 27.3 Å². The van der Waals surface area contributed by atoms with Gasteiger partial charge in [-0.1, -0.05) is 17.7 Å². The van der Waals surface area contributed by atoms with Crippen LogP contribution in [-0.4, -0.2) is 18.9 Å². The summed E-state index contributed by atoms with van der Waals surface area (Å²) in [6.45, 7) is -0.521. The highest BCUT2D eigenvalue weighted by atomic mass is 35.5. The van der Waals surface area contributed by atoms with Crippen molar-refractivity contribution in [2.75, 3.05) is 4.31 Å². The molecule has 0 fully saturated rings. The summed E-state index contributed by atoms with van der Waals surface area (Å²) in [5, 5.41) is 0.524. The molecule has 2 aromatic carbocycles. The van der Waals surface area contributed by atoms with E-state index in [2.05, 4.69) is 4.98 Å². The molecule has 0 bridgehead atoms. The van der Waals surface area contributed by atoms with Gasteiger partial charge in [-0.25, -0.2) is 0 Å². The third kappa shape index (κ3) is 4.99. The SMILES string of the molecule is O=S(=O)(N(Cc1cccnc1)c1ccc(Oc2ccc(Cl)cc2)cc1)C(F)(F)F. The number of anilines is 1. The number of rotatable bonds is 6. The highest BCUT2D eigenvalue weighted by Gasteiger charge is 2.50. The van der Waals surface area contributed by atoms with Gasteiger partial charge in [0, 0.05) is 17.4 Å². The molecule has 0 amide bonds. The number of sulfonamides is 1. The van der Waals surface area contributed by atoms with E-state index >= 15 is 0 Å². The van der Waals surface area contributed by atoms with Crippen LogP contribution in [0.3, 0.4) is 0 Å². The van der Waals surface area contributed by atoms with Gasteiger partial charge in [-0.2, -0.15) is 21.6 Å². The maximum atomic E-state index is 13.2. The molecule has 3 rings (SSSR count). The first kappa shape index (κ1) is 20.9. The molecular formula is C19H14ClF3N2O3S. The van der Waals surface area contributed by atoms with Crippen molar-refractivity contribution in [2.45, 2.75) is 12.1 Å². The summed E-state index contributed by atoms with van der Waals surface area (Å²) in [4.78, 5) is 3.81. The number of benzene rings is 2. The Morgan fingerprint density at radius 3 is 2.07 bits per heavy atom. The number of hydrogen-bond donors (Lipinski definition) is 0. The lowest BCUT2D eigenvalue weighted by atomic mass is 10.2. The van der Waals surface area contributed by atoms with Crippen LogP contribution in [0.15, 0.2) is 73.1 Å². The lowest BCUT2D eigenvalue weighted by Gasteiger charge is -2.25. The minimum Gasteiger partial charge on any atom is -0.457 e. The van der Waals surface area contributed by atoms with E-state index in [1.165, 1.54) is 48.8 Å². The molecule has 0 saturated carbocycles. The van der Waals surface area contributed by atoms with E-state index in [0.717, 1.165) is 0 Å². The van der Waals surface area contributed by atoms with Gasteiger partial charge in [-0.15, -0.1) is 0 Å². The van der Waals surface area contributed by atoms with Gasteiger partial charge in [-0.05, 0) is 60.2 Å². The van der Waals surface area contributed by atoms with Crippen molar-refractivity contribution < 1.29 is 26.3 Å². The van der Waals surface area contributed by atoms with Crippen molar-refractivity contribution in [2.24, 2.45) is 0 Å². The van der Waals surface area contributed by atoms with E-state index < -0.39 is 22.1 Å².